The second-order valence-electron chi connectivity index (χ2n) is 5.67. The summed E-state index contributed by atoms with van der Waals surface area (Å²) < 4.78 is 23.2. The zero-order chi connectivity index (χ0) is 16.4. The van der Waals surface area contributed by atoms with Crippen molar-refractivity contribution in [3.05, 3.63) is 59.7 Å². The van der Waals surface area contributed by atoms with Gasteiger partial charge in [-0.1, -0.05) is 30.3 Å². The van der Waals surface area contributed by atoms with Crippen LogP contribution < -0.4 is 5.32 Å². The molecule has 0 unspecified atom stereocenters. The lowest BCUT2D eigenvalue weighted by Crippen LogP contribution is -2.38. The van der Waals surface area contributed by atoms with Gasteiger partial charge in [0.1, 0.15) is 0 Å². The molecule has 0 fully saturated rings. The van der Waals surface area contributed by atoms with E-state index in [2.05, 4.69) is 11.4 Å². The summed E-state index contributed by atoms with van der Waals surface area (Å²) in [7, 11) is -3.29. The average molecular weight is 330 g/mol. The van der Waals surface area contributed by atoms with Crippen LogP contribution in [0.3, 0.4) is 0 Å². The lowest BCUT2D eigenvalue weighted by molar-refractivity contribution is 0.206. The number of hydrogen-bond acceptors (Lipinski definition) is 3. The number of nitrogens with zero attached hydrogens (tertiary/aromatic N) is 1. The van der Waals surface area contributed by atoms with Gasteiger partial charge in [0.15, 0.2) is 9.84 Å². The van der Waals surface area contributed by atoms with Crippen molar-refractivity contribution in [3.63, 3.8) is 0 Å². The third kappa shape index (κ3) is 3.53. The van der Waals surface area contributed by atoms with Crippen LogP contribution >= 0.6 is 0 Å². The Kier molecular flexibility index (Phi) is 4.09. The van der Waals surface area contributed by atoms with Crippen molar-refractivity contribution in [1.82, 2.24) is 4.90 Å². The highest BCUT2D eigenvalue weighted by Crippen LogP contribution is 2.20. The van der Waals surface area contributed by atoms with Crippen LogP contribution in [-0.4, -0.2) is 32.1 Å². The smallest absolute Gasteiger partial charge is 0.320 e. The molecular weight excluding hydrogens is 312 g/mol. The Morgan fingerprint density at radius 1 is 1.09 bits per heavy atom. The van der Waals surface area contributed by atoms with Crippen molar-refractivity contribution in [1.29, 1.82) is 0 Å². The first kappa shape index (κ1) is 15.6. The fourth-order valence-corrected chi connectivity index (χ4v) is 3.34. The van der Waals surface area contributed by atoms with Gasteiger partial charge >= 0.3 is 6.03 Å². The molecule has 2 aromatic rings. The third-order valence-electron chi connectivity index (χ3n) is 3.93. The second kappa shape index (κ2) is 6.04. The summed E-state index contributed by atoms with van der Waals surface area (Å²) in [6.45, 7) is 1.21. The summed E-state index contributed by atoms with van der Waals surface area (Å²) in [6.07, 6.45) is 1.97. The minimum atomic E-state index is -3.29. The van der Waals surface area contributed by atoms with Crippen molar-refractivity contribution >= 4 is 21.6 Å². The van der Waals surface area contributed by atoms with E-state index >= 15 is 0 Å². The van der Waals surface area contributed by atoms with E-state index in [0.29, 0.717) is 18.8 Å². The van der Waals surface area contributed by atoms with Gasteiger partial charge in [-0.05, 0) is 35.7 Å². The summed E-state index contributed by atoms with van der Waals surface area (Å²) >= 11 is 0. The summed E-state index contributed by atoms with van der Waals surface area (Å²) in [5, 5.41) is 2.78. The first-order valence-electron chi connectivity index (χ1n) is 7.36. The van der Waals surface area contributed by atoms with Gasteiger partial charge in [-0.15, -0.1) is 0 Å². The van der Waals surface area contributed by atoms with Crippen LogP contribution in [0.1, 0.15) is 11.1 Å². The topological polar surface area (TPSA) is 66.5 Å². The van der Waals surface area contributed by atoms with Crippen LogP contribution in [0.25, 0.3) is 0 Å². The van der Waals surface area contributed by atoms with Crippen LogP contribution in [0.15, 0.2) is 53.4 Å². The lowest BCUT2D eigenvalue weighted by Gasteiger charge is -2.29. The van der Waals surface area contributed by atoms with Crippen molar-refractivity contribution in [2.24, 2.45) is 0 Å². The summed E-state index contributed by atoms with van der Waals surface area (Å²) in [4.78, 5) is 14.3. The molecule has 0 saturated carbocycles. The fourth-order valence-electron chi connectivity index (χ4n) is 2.68. The number of carbonyl (C=O) groups is 1. The number of anilines is 1. The normalized spacial score (nSPS) is 14.2. The van der Waals surface area contributed by atoms with Gasteiger partial charge in [0.25, 0.3) is 0 Å². The minimum Gasteiger partial charge on any atom is -0.320 e. The lowest BCUT2D eigenvalue weighted by atomic mass is 10.0. The van der Waals surface area contributed by atoms with Crippen LogP contribution in [-0.2, 0) is 22.8 Å². The summed E-state index contributed by atoms with van der Waals surface area (Å²) in [5.74, 6) is 0. The predicted molar refractivity (Wildman–Crippen MR) is 89.1 cm³/mol. The monoisotopic (exact) mass is 330 g/mol. The molecule has 1 heterocycles. The number of nitrogens with one attached hydrogen (secondary N) is 1. The number of urea groups is 1. The summed E-state index contributed by atoms with van der Waals surface area (Å²) in [5.41, 5.74) is 2.91. The van der Waals surface area contributed by atoms with Crippen LogP contribution in [0.4, 0.5) is 10.5 Å². The van der Waals surface area contributed by atoms with Gasteiger partial charge < -0.3 is 10.2 Å². The SMILES string of the molecule is CS(=O)(=O)c1cccc(NC(=O)N2CCc3ccccc3C2)c1. The van der Waals surface area contributed by atoms with Gasteiger partial charge in [-0.3, -0.25) is 0 Å². The zero-order valence-electron chi connectivity index (χ0n) is 12.8. The van der Waals surface area contributed by atoms with Crippen LogP contribution in [0, 0.1) is 0 Å². The number of rotatable bonds is 2. The molecule has 0 aromatic heterocycles. The van der Waals surface area contributed by atoms with E-state index in [0.717, 1.165) is 18.2 Å². The Hall–Kier alpha value is -2.34. The molecule has 0 atom stereocenters. The van der Waals surface area contributed by atoms with Gasteiger partial charge in [-0.2, -0.15) is 0 Å². The number of benzene rings is 2. The number of sulfone groups is 1. The maximum absolute atomic E-state index is 12.4. The number of amides is 2. The van der Waals surface area contributed by atoms with Gasteiger partial charge in [0.2, 0.25) is 0 Å². The maximum atomic E-state index is 12.4. The van der Waals surface area contributed by atoms with E-state index in [1.54, 1.807) is 17.0 Å². The fraction of sp³-hybridized carbons (Fsp3) is 0.235. The average Bonchev–Trinajstić information content (AvgIpc) is 2.54. The Bertz CT molecular complexity index is 846. The molecule has 1 aliphatic rings. The van der Waals surface area contributed by atoms with Crippen molar-refractivity contribution in [2.75, 3.05) is 18.1 Å². The molecule has 1 N–H and O–H groups in total. The van der Waals surface area contributed by atoms with E-state index < -0.39 is 9.84 Å². The van der Waals surface area contributed by atoms with Crippen molar-refractivity contribution in [2.45, 2.75) is 17.9 Å². The van der Waals surface area contributed by atoms with Crippen molar-refractivity contribution < 1.29 is 13.2 Å². The third-order valence-corrected chi connectivity index (χ3v) is 5.04. The maximum Gasteiger partial charge on any atom is 0.322 e. The first-order valence-corrected chi connectivity index (χ1v) is 9.25. The molecule has 2 aromatic carbocycles. The molecule has 1 aliphatic heterocycles. The quantitative estimate of drug-likeness (QED) is 0.920. The van der Waals surface area contributed by atoms with Crippen LogP contribution in [0.2, 0.25) is 0 Å². The minimum absolute atomic E-state index is 0.194. The zero-order valence-corrected chi connectivity index (χ0v) is 13.6. The van der Waals surface area contributed by atoms with E-state index in [4.69, 9.17) is 0 Å². The van der Waals surface area contributed by atoms with E-state index in [-0.39, 0.29) is 10.9 Å². The number of fused-ring (bicyclic) bond motifs is 1. The molecule has 3 rings (SSSR count). The molecule has 0 spiro atoms. The largest absolute Gasteiger partial charge is 0.322 e. The van der Waals surface area contributed by atoms with E-state index in [1.165, 1.54) is 17.7 Å². The Morgan fingerprint density at radius 2 is 1.83 bits per heavy atom. The molecule has 23 heavy (non-hydrogen) atoms. The molecule has 0 bridgehead atoms. The molecule has 0 saturated heterocycles. The molecule has 2 amide bonds. The van der Waals surface area contributed by atoms with Gasteiger partial charge in [0.05, 0.1) is 4.90 Å². The first-order chi connectivity index (χ1) is 10.9. The molecule has 0 radical (unpaired) electrons. The molecule has 5 nitrogen and oxygen atoms in total. The van der Waals surface area contributed by atoms with E-state index in [9.17, 15) is 13.2 Å². The van der Waals surface area contributed by atoms with Gasteiger partial charge in [0, 0.05) is 25.0 Å². The number of carbonyl (C=O) groups excluding carboxylic acids is 1. The number of hydrogen-bond donors (Lipinski definition) is 1. The van der Waals surface area contributed by atoms with Crippen LogP contribution in [0.5, 0.6) is 0 Å². The molecule has 120 valence electrons. The van der Waals surface area contributed by atoms with Crippen molar-refractivity contribution in [3.8, 4) is 0 Å². The molecule has 6 heteroatoms. The summed E-state index contributed by atoms with van der Waals surface area (Å²) in [6, 6.07) is 14.2. The highest BCUT2D eigenvalue weighted by Gasteiger charge is 2.20. The molecular formula is C17H18N2O3S. The van der Waals surface area contributed by atoms with E-state index in [1.807, 2.05) is 18.2 Å². The standard InChI is InChI=1S/C17H18N2O3S/c1-23(21,22)16-8-4-7-15(11-16)18-17(20)19-10-9-13-5-2-3-6-14(13)12-19/h2-8,11H,9-10,12H2,1H3,(H,18,20). The predicted octanol–water partition coefficient (Wildman–Crippen LogP) is 2.68. The highest BCUT2D eigenvalue weighted by molar-refractivity contribution is 7.90. The molecule has 0 aliphatic carbocycles. The Morgan fingerprint density at radius 3 is 2.57 bits per heavy atom. The Balaban J connectivity index is 1.73. The Labute approximate surface area is 135 Å². The van der Waals surface area contributed by atoms with Gasteiger partial charge in [-0.25, -0.2) is 13.2 Å². The highest BCUT2D eigenvalue weighted by atomic mass is 32.2. The second-order valence-corrected chi connectivity index (χ2v) is 7.69.